The number of aliphatic hydroxyl groups excluding tert-OH is 1. The van der Waals surface area contributed by atoms with Crippen LogP contribution in [0.2, 0.25) is 0 Å². The van der Waals surface area contributed by atoms with Gasteiger partial charge in [-0.15, -0.1) is 0 Å². The lowest BCUT2D eigenvalue weighted by Gasteiger charge is -2.12. The summed E-state index contributed by atoms with van der Waals surface area (Å²) < 4.78 is 6.80. The van der Waals surface area contributed by atoms with E-state index in [4.69, 9.17) is 4.42 Å². The van der Waals surface area contributed by atoms with Crippen LogP contribution in [0.4, 0.5) is 0 Å². The van der Waals surface area contributed by atoms with Crippen molar-refractivity contribution in [1.29, 1.82) is 0 Å². The third-order valence-electron chi connectivity index (χ3n) is 2.64. The van der Waals surface area contributed by atoms with Crippen LogP contribution in [-0.2, 0) is 0 Å². The number of hydrogen-bond acceptors (Lipinski definition) is 3. The molecule has 2 rings (SSSR count). The number of fused-ring (bicyclic) bond motifs is 1. The maximum Gasteiger partial charge on any atom is 0.134 e. The first-order valence-corrected chi connectivity index (χ1v) is 6.46. The Balaban J connectivity index is 2.18. The zero-order chi connectivity index (χ0) is 12.4. The fourth-order valence-corrected chi connectivity index (χ4v) is 2.07. The maximum absolute atomic E-state index is 9.23. The van der Waals surface area contributed by atoms with Crippen LogP contribution < -0.4 is 5.32 Å². The van der Waals surface area contributed by atoms with Crippen molar-refractivity contribution in [2.24, 2.45) is 0 Å². The molecule has 2 atom stereocenters. The minimum atomic E-state index is -0.351. The molecule has 1 aromatic heterocycles. The molecular weight excluding hydrogens is 282 g/mol. The van der Waals surface area contributed by atoms with E-state index in [1.54, 1.807) is 6.92 Å². The Morgan fingerprint density at radius 3 is 2.82 bits per heavy atom. The second-order valence-electron chi connectivity index (χ2n) is 4.31. The number of furan rings is 1. The molecule has 2 N–H and O–H groups in total. The molecule has 4 heteroatoms. The maximum atomic E-state index is 9.23. The average Bonchev–Trinajstić information content (AvgIpc) is 2.68. The minimum absolute atomic E-state index is 0.0933. The zero-order valence-corrected chi connectivity index (χ0v) is 11.5. The van der Waals surface area contributed by atoms with Crippen LogP contribution in [0.1, 0.15) is 25.6 Å². The van der Waals surface area contributed by atoms with Crippen LogP contribution in [0.25, 0.3) is 11.0 Å². The fourth-order valence-electron chi connectivity index (χ4n) is 1.70. The molecule has 0 saturated heterocycles. The molecule has 0 bridgehead atoms. The quantitative estimate of drug-likeness (QED) is 0.911. The number of hydrogen-bond donors (Lipinski definition) is 2. The Labute approximate surface area is 109 Å². The number of benzene rings is 1. The highest BCUT2D eigenvalue weighted by Crippen LogP contribution is 2.26. The molecule has 0 aliphatic rings. The molecule has 3 nitrogen and oxygen atoms in total. The molecule has 2 aromatic rings. The van der Waals surface area contributed by atoms with Gasteiger partial charge in [-0.1, -0.05) is 15.9 Å². The van der Waals surface area contributed by atoms with E-state index >= 15 is 0 Å². The van der Waals surface area contributed by atoms with Crippen LogP contribution in [0.15, 0.2) is 33.2 Å². The first-order valence-electron chi connectivity index (χ1n) is 5.66. The van der Waals surface area contributed by atoms with Crippen molar-refractivity contribution in [1.82, 2.24) is 5.32 Å². The van der Waals surface area contributed by atoms with Crippen molar-refractivity contribution in [3.05, 3.63) is 34.5 Å². The Morgan fingerprint density at radius 2 is 2.12 bits per heavy atom. The van der Waals surface area contributed by atoms with E-state index in [0.29, 0.717) is 6.54 Å². The van der Waals surface area contributed by atoms with E-state index in [9.17, 15) is 5.11 Å². The third kappa shape index (κ3) is 3.09. The lowest BCUT2D eigenvalue weighted by atomic mass is 10.2. The third-order valence-corrected chi connectivity index (χ3v) is 3.14. The summed E-state index contributed by atoms with van der Waals surface area (Å²) in [6.45, 7) is 4.34. The molecular formula is C13H16BrNO2. The van der Waals surface area contributed by atoms with Gasteiger partial charge in [-0.3, -0.25) is 0 Å². The summed E-state index contributed by atoms with van der Waals surface area (Å²) in [5.74, 6) is 0.888. The molecule has 1 unspecified atom stereocenters. The smallest absolute Gasteiger partial charge is 0.134 e. The van der Waals surface area contributed by atoms with Crippen molar-refractivity contribution in [2.45, 2.75) is 26.0 Å². The lowest BCUT2D eigenvalue weighted by molar-refractivity contribution is 0.185. The lowest BCUT2D eigenvalue weighted by Crippen LogP contribution is -2.26. The van der Waals surface area contributed by atoms with Gasteiger partial charge in [0.1, 0.15) is 11.3 Å². The molecule has 1 aromatic carbocycles. The minimum Gasteiger partial charge on any atom is -0.459 e. The van der Waals surface area contributed by atoms with Gasteiger partial charge in [0.25, 0.3) is 0 Å². The van der Waals surface area contributed by atoms with Gasteiger partial charge in [0, 0.05) is 16.4 Å². The first-order chi connectivity index (χ1) is 8.06. The molecule has 0 aliphatic carbocycles. The summed E-state index contributed by atoms with van der Waals surface area (Å²) in [5.41, 5.74) is 0.883. The average molecular weight is 298 g/mol. The second-order valence-corrected chi connectivity index (χ2v) is 5.23. The van der Waals surface area contributed by atoms with Gasteiger partial charge in [-0.2, -0.15) is 0 Å². The Bertz CT molecular complexity index is 507. The SMILES string of the molecule is CC(NC[C@H](C)O)c1cc2cc(Br)ccc2o1. The largest absolute Gasteiger partial charge is 0.459 e. The van der Waals surface area contributed by atoms with Crippen molar-refractivity contribution in [2.75, 3.05) is 6.54 Å². The van der Waals surface area contributed by atoms with Crippen LogP contribution in [0.5, 0.6) is 0 Å². The standard InChI is InChI=1S/C13H16BrNO2/c1-8(16)7-15-9(2)13-6-10-5-11(14)3-4-12(10)17-13/h3-6,8-9,15-16H,7H2,1-2H3/t8-,9?/m0/s1. The summed E-state index contributed by atoms with van der Waals surface area (Å²) in [6.07, 6.45) is -0.351. The van der Waals surface area contributed by atoms with E-state index in [1.807, 2.05) is 31.2 Å². The van der Waals surface area contributed by atoms with E-state index in [-0.39, 0.29) is 12.1 Å². The molecule has 0 amide bonds. The highest BCUT2D eigenvalue weighted by molar-refractivity contribution is 9.10. The van der Waals surface area contributed by atoms with Gasteiger partial charge in [0.15, 0.2) is 0 Å². The van der Waals surface area contributed by atoms with Gasteiger partial charge < -0.3 is 14.8 Å². The van der Waals surface area contributed by atoms with Crippen molar-refractivity contribution in [3.63, 3.8) is 0 Å². The van der Waals surface area contributed by atoms with E-state index in [0.717, 1.165) is 21.2 Å². The van der Waals surface area contributed by atoms with Gasteiger partial charge in [-0.25, -0.2) is 0 Å². The van der Waals surface area contributed by atoms with Crippen LogP contribution in [0, 0.1) is 0 Å². The van der Waals surface area contributed by atoms with Crippen molar-refractivity contribution < 1.29 is 9.52 Å². The predicted octanol–water partition coefficient (Wildman–Crippen LogP) is 3.23. The van der Waals surface area contributed by atoms with Crippen LogP contribution >= 0.6 is 15.9 Å². The molecule has 17 heavy (non-hydrogen) atoms. The first kappa shape index (κ1) is 12.6. The number of aliphatic hydroxyl groups is 1. The Kier molecular flexibility index (Phi) is 3.86. The van der Waals surface area contributed by atoms with Gasteiger partial charge in [0.2, 0.25) is 0 Å². The van der Waals surface area contributed by atoms with Gasteiger partial charge in [0.05, 0.1) is 12.1 Å². The molecule has 0 radical (unpaired) electrons. The number of rotatable bonds is 4. The van der Waals surface area contributed by atoms with Gasteiger partial charge in [-0.05, 0) is 38.1 Å². The highest BCUT2D eigenvalue weighted by Gasteiger charge is 2.11. The number of halogens is 1. The molecule has 92 valence electrons. The van der Waals surface area contributed by atoms with Crippen LogP contribution in [-0.4, -0.2) is 17.8 Å². The summed E-state index contributed by atoms with van der Waals surface area (Å²) in [6, 6.07) is 8.06. The Morgan fingerprint density at radius 1 is 1.35 bits per heavy atom. The normalized spacial score (nSPS) is 15.1. The monoisotopic (exact) mass is 297 g/mol. The number of nitrogens with one attached hydrogen (secondary N) is 1. The summed E-state index contributed by atoms with van der Waals surface area (Å²) >= 11 is 3.44. The fraction of sp³-hybridized carbons (Fsp3) is 0.385. The van der Waals surface area contributed by atoms with Crippen molar-refractivity contribution >= 4 is 26.9 Å². The van der Waals surface area contributed by atoms with Crippen LogP contribution in [0.3, 0.4) is 0 Å². The molecule has 0 aliphatic heterocycles. The summed E-state index contributed by atoms with van der Waals surface area (Å²) in [4.78, 5) is 0. The molecule has 1 heterocycles. The summed E-state index contributed by atoms with van der Waals surface area (Å²) in [5, 5.41) is 13.5. The predicted molar refractivity (Wildman–Crippen MR) is 72.0 cm³/mol. The molecule has 0 spiro atoms. The highest BCUT2D eigenvalue weighted by atomic mass is 79.9. The van der Waals surface area contributed by atoms with Crippen molar-refractivity contribution in [3.8, 4) is 0 Å². The topological polar surface area (TPSA) is 45.4 Å². The van der Waals surface area contributed by atoms with E-state index in [1.165, 1.54) is 0 Å². The van der Waals surface area contributed by atoms with E-state index in [2.05, 4.69) is 21.2 Å². The Hall–Kier alpha value is -0.840. The van der Waals surface area contributed by atoms with Gasteiger partial charge >= 0.3 is 0 Å². The molecule has 0 saturated carbocycles. The van der Waals surface area contributed by atoms with E-state index < -0.39 is 0 Å². The second kappa shape index (κ2) is 5.21. The zero-order valence-electron chi connectivity index (χ0n) is 9.90. The summed E-state index contributed by atoms with van der Waals surface area (Å²) in [7, 11) is 0. The molecule has 0 fully saturated rings.